The molecule has 0 aliphatic rings. The molecule has 0 aromatic heterocycles. The molecule has 4 rings (SSSR count). The molecule has 0 spiro atoms. The van der Waals surface area contributed by atoms with Gasteiger partial charge in [0.2, 0.25) is 0 Å². The molecule has 0 aliphatic carbocycles. The first-order valence-electron chi connectivity index (χ1n) is 17.3. The highest BCUT2D eigenvalue weighted by Gasteiger charge is 2.26. The predicted molar refractivity (Wildman–Crippen MR) is 223 cm³/mol. The third-order valence-electron chi connectivity index (χ3n) is 8.17. The van der Waals surface area contributed by atoms with Gasteiger partial charge in [0.25, 0.3) is 11.8 Å². The lowest BCUT2D eigenvalue weighted by Gasteiger charge is -2.18. The molecule has 0 fully saturated rings. The Morgan fingerprint density at radius 3 is 1.40 bits per heavy atom. The highest BCUT2D eigenvalue weighted by Crippen LogP contribution is 2.25. The second-order valence-electron chi connectivity index (χ2n) is 12.5. The molecule has 18 heteroatoms. The van der Waals surface area contributed by atoms with Crippen LogP contribution in [0.15, 0.2) is 89.9 Å². The smallest absolute Gasteiger partial charge is 0.328 e. The lowest BCUT2D eigenvalue weighted by molar-refractivity contribution is -0.143. The number of hydrogen-bond donors (Lipinski definition) is 6. The molecule has 0 aliphatic heterocycles. The van der Waals surface area contributed by atoms with Crippen LogP contribution in [0, 0.1) is 0 Å². The lowest BCUT2D eigenvalue weighted by Crippen LogP contribution is -2.43. The topological polar surface area (TPSA) is 246 Å². The molecule has 2 unspecified atom stereocenters. The number of guanidine groups is 1. The Hall–Kier alpha value is -5.51. The lowest BCUT2D eigenvalue weighted by atomic mass is 10.0. The summed E-state index contributed by atoms with van der Waals surface area (Å²) in [5.74, 6) is -3.44. The second-order valence-corrected chi connectivity index (χ2v) is 14.2. The number of nitrogens with one attached hydrogen (secondary N) is 2. The molecule has 9 N–H and O–H groups in total. The zero-order valence-electron chi connectivity index (χ0n) is 31.0. The molecule has 0 heterocycles. The van der Waals surface area contributed by atoms with Gasteiger partial charge in [0.1, 0.15) is 18.6 Å². The van der Waals surface area contributed by atoms with Gasteiger partial charge in [-0.05, 0) is 46.5 Å². The van der Waals surface area contributed by atoms with E-state index in [1.165, 1.54) is 31.4 Å². The van der Waals surface area contributed by atoms with Gasteiger partial charge in [-0.25, -0.2) is 14.6 Å². The summed E-state index contributed by atoms with van der Waals surface area (Å²) < 4.78 is 4.79. The molecule has 14 nitrogen and oxygen atoms in total. The van der Waals surface area contributed by atoms with Crippen molar-refractivity contribution < 1.29 is 38.6 Å². The molecular weight excluding hydrogens is 834 g/mol. The van der Waals surface area contributed by atoms with Gasteiger partial charge in [0.15, 0.2) is 17.5 Å². The van der Waals surface area contributed by atoms with Gasteiger partial charge in [-0.1, -0.05) is 107 Å². The largest absolute Gasteiger partial charge is 0.480 e. The normalized spacial score (nSPS) is 11.5. The maximum atomic E-state index is 12.6. The van der Waals surface area contributed by atoms with Crippen molar-refractivity contribution in [2.75, 3.05) is 20.2 Å². The number of carboxylic acid groups (broad SMARTS) is 1. The first kappa shape index (κ1) is 46.9. The van der Waals surface area contributed by atoms with Crippen molar-refractivity contribution in [2.24, 2.45) is 22.2 Å². The second kappa shape index (κ2) is 23.0. The molecule has 306 valence electrons. The summed E-state index contributed by atoms with van der Waals surface area (Å²) in [5, 5.41) is 15.2. The number of Topliss-reactive ketones (excluding diaryl/α,β-unsaturated/α-hetero) is 2. The Morgan fingerprint density at radius 2 is 1.02 bits per heavy atom. The van der Waals surface area contributed by atoms with Crippen molar-refractivity contribution in [3.63, 3.8) is 0 Å². The van der Waals surface area contributed by atoms with Crippen LogP contribution in [0.25, 0.3) is 0 Å². The van der Waals surface area contributed by atoms with Gasteiger partial charge < -0.3 is 37.7 Å². The van der Waals surface area contributed by atoms with E-state index in [1.54, 1.807) is 60.7 Å². The number of amides is 2. The van der Waals surface area contributed by atoms with Crippen LogP contribution >= 0.6 is 46.4 Å². The molecule has 0 saturated carbocycles. The number of nitrogens with two attached hydrogens (primary N) is 3. The van der Waals surface area contributed by atoms with E-state index in [9.17, 15) is 33.9 Å². The Labute approximate surface area is 354 Å². The van der Waals surface area contributed by atoms with Crippen LogP contribution in [-0.2, 0) is 49.6 Å². The number of halogens is 4. The minimum Gasteiger partial charge on any atom is -0.480 e. The van der Waals surface area contributed by atoms with Crippen LogP contribution in [0.4, 0.5) is 0 Å². The standard InChI is InChI=1S/C20H20Cl2N4O4.C20H20Cl2N2O4/c21-14-2-1-3-15(22)17(14)18(28)26-16(19(29)30)9-12-6-4-11(5-7-12)8-13(27)10-25-20(23)24;1-28-20(27)17(24-19(26)18-15(21)3-2-4-16(18)22)10-13-7-5-12(6-8-13)9-14(25)11-23/h1-7,16H,8-10H2,(H,26,28)(H,29,30)(H4,23,24,25);2-8,17H,9-11,23H2,1H3,(H,24,26). The maximum absolute atomic E-state index is 12.6. The minimum absolute atomic E-state index is 0.0111. The number of hydrogen-bond acceptors (Lipinski definition) is 9. The number of methoxy groups -OCH3 is 1. The Balaban J connectivity index is 0.000000311. The number of ether oxygens (including phenoxy) is 1. The van der Waals surface area contributed by atoms with Crippen molar-refractivity contribution in [3.8, 4) is 0 Å². The number of carbonyl (C=O) groups is 6. The number of carboxylic acids is 1. The van der Waals surface area contributed by atoms with E-state index < -0.39 is 35.8 Å². The van der Waals surface area contributed by atoms with Crippen LogP contribution < -0.4 is 27.8 Å². The summed E-state index contributed by atoms with van der Waals surface area (Å²) in [6, 6.07) is 21.0. The van der Waals surface area contributed by atoms with E-state index in [0.29, 0.717) is 5.56 Å². The molecule has 0 radical (unpaired) electrons. The zero-order chi connectivity index (χ0) is 42.9. The van der Waals surface area contributed by atoms with Crippen LogP contribution in [0.2, 0.25) is 20.1 Å². The Kier molecular flexibility index (Phi) is 18.6. The average Bonchev–Trinajstić information content (AvgIpc) is 3.17. The van der Waals surface area contributed by atoms with Crippen LogP contribution in [0.1, 0.15) is 43.0 Å². The summed E-state index contributed by atoms with van der Waals surface area (Å²) >= 11 is 24.1. The van der Waals surface area contributed by atoms with Gasteiger partial charge in [-0.3, -0.25) is 19.2 Å². The fraction of sp³-hybridized carbons (Fsp3) is 0.225. The monoisotopic (exact) mass is 872 g/mol. The number of aliphatic imine (C=N–C) groups is 1. The van der Waals surface area contributed by atoms with E-state index in [4.69, 9.17) is 68.3 Å². The third-order valence-corrected chi connectivity index (χ3v) is 9.43. The van der Waals surface area contributed by atoms with Crippen LogP contribution in [0.5, 0.6) is 0 Å². The first-order chi connectivity index (χ1) is 27.5. The number of ketones is 2. The highest BCUT2D eigenvalue weighted by atomic mass is 35.5. The molecule has 4 aromatic carbocycles. The van der Waals surface area contributed by atoms with Gasteiger partial charge >= 0.3 is 11.9 Å². The molecule has 2 atom stereocenters. The SMILES string of the molecule is COC(=O)C(Cc1ccc(CC(=O)CN)cc1)NC(=O)c1c(Cl)cccc1Cl.NC(N)=NCC(=O)Cc1ccc(CC(NC(=O)c2c(Cl)cccc2Cl)C(=O)O)cc1. The van der Waals surface area contributed by atoms with Crippen molar-refractivity contribution in [2.45, 2.75) is 37.8 Å². The maximum Gasteiger partial charge on any atom is 0.328 e. The fourth-order valence-electron chi connectivity index (χ4n) is 5.25. The van der Waals surface area contributed by atoms with Crippen molar-refractivity contribution in [1.82, 2.24) is 10.6 Å². The Morgan fingerprint density at radius 1 is 0.638 bits per heavy atom. The average molecular weight is 875 g/mol. The van der Waals surface area contributed by atoms with Crippen LogP contribution in [-0.4, -0.2) is 78.7 Å². The first-order valence-corrected chi connectivity index (χ1v) is 18.8. The zero-order valence-corrected chi connectivity index (χ0v) is 34.0. The number of nitrogens with zero attached hydrogens (tertiary/aromatic N) is 1. The third kappa shape index (κ3) is 14.8. The van der Waals surface area contributed by atoms with Crippen molar-refractivity contribution in [1.29, 1.82) is 0 Å². The minimum atomic E-state index is -1.21. The van der Waals surface area contributed by atoms with Gasteiger partial charge in [-0.15, -0.1) is 0 Å². The summed E-state index contributed by atoms with van der Waals surface area (Å²) in [7, 11) is 1.24. The summed E-state index contributed by atoms with van der Waals surface area (Å²) in [4.78, 5) is 75.7. The number of esters is 1. The predicted octanol–water partition coefficient (Wildman–Crippen LogP) is 4.38. The van der Waals surface area contributed by atoms with E-state index in [1.807, 2.05) is 0 Å². The molecular formula is C40H40Cl4N6O8. The van der Waals surface area contributed by atoms with Gasteiger partial charge in [0, 0.05) is 25.7 Å². The number of aliphatic carboxylic acids is 1. The number of carbonyl (C=O) groups excluding carboxylic acids is 5. The van der Waals surface area contributed by atoms with Crippen molar-refractivity contribution in [3.05, 3.63) is 138 Å². The van der Waals surface area contributed by atoms with E-state index >= 15 is 0 Å². The fourth-order valence-corrected chi connectivity index (χ4v) is 6.38. The van der Waals surface area contributed by atoms with Gasteiger partial charge in [-0.2, -0.15) is 0 Å². The quantitative estimate of drug-likeness (QED) is 0.0494. The molecule has 0 saturated heterocycles. The molecule has 2 amide bonds. The van der Waals surface area contributed by atoms with Crippen LogP contribution in [0.3, 0.4) is 0 Å². The summed E-state index contributed by atoms with van der Waals surface area (Å²) in [5.41, 5.74) is 18.8. The number of benzene rings is 4. The van der Waals surface area contributed by atoms with Gasteiger partial charge in [0.05, 0.1) is 44.9 Å². The molecule has 58 heavy (non-hydrogen) atoms. The molecule has 4 aromatic rings. The highest BCUT2D eigenvalue weighted by molar-refractivity contribution is 6.40. The van der Waals surface area contributed by atoms with E-state index in [-0.39, 0.29) is 87.5 Å². The summed E-state index contributed by atoms with van der Waals surface area (Å²) in [6.07, 6.45) is 0.622. The molecule has 0 bridgehead atoms. The summed E-state index contributed by atoms with van der Waals surface area (Å²) in [6.45, 7) is -0.120. The Bertz CT molecular complexity index is 2110. The van der Waals surface area contributed by atoms with Crippen molar-refractivity contribution >= 4 is 87.7 Å². The number of rotatable bonds is 17. The van der Waals surface area contributed by atoms with E-state index in [2.05, 4.69) is 15.6 Å². The van der Waals surface area contributed by atoms with E-state index in [0.717, 1.165) is 16.7 Å².